The summed E-state index contributed by atoms with van der Waals surface area (Å²) in [5.41, 5.74) is 6.02. The predicted octanol–water partition coefficient (Wildman–Crippen LogP) is 0.607. The third kappa shape index (κ3) is 2.27. The van der Waals surface area contributed by atoms with Crippen LogP contribution < -0.4 is 5.73 Å². The van der Waals surface area contributed by atoms with Gasteiger partial charge in [-0.05, 0) is 0 Å². The van der Waals surface area contributed by atoms with Crippen molar-refractivity contribution in [1.29, 1.82) is 0 Å². The van der Waals surface area contributed by atoms with Gasteiger partial charge >= 0.3 is 0 Å². The second kappa shape index (κ2) is 3.43. The Kier molecular flexibility index (Phi) is 2.53. The summed E-state index contributed by atoms with van der Waals surface area (Å²) in [6.45, 7) is -0.0246. The molecule has 11 heavy (non-hydrogen) atoms. The summed E-state index contributed by atoms with van der Waals surface area (Å²) >= 11 is 0. The molecule has 2 N–H and O–H groups in total. The first-order chi connectivity index (χ1) is 5.22. The first-order valence-corrected chi connectivity index (χ1v) is 3.22. The number of hydrogen-bond donors (Lipinski definition) is 1. The van der Waals surface area contributed by atoms with Gasteiger partial charge in [-0.3, -0.25) is 4.68 Å². The number of hydrogen-bond acceptors (Lipinski definition) is 2. The summed E-state index contributed by atoms with van der Waals surface area (Å²) < 4.78 is 24.7. The molecule has 1 aromatic heterocycles. The van der Waals surface area contributed by atoms with Crippen molar-refractivity contribution in [2.24, 2.45) is 5.73 Å². The van der Waals surface area contributed by atoms with E-state index in [1.165, 1.54) is 17.1 Å². The highest BCUT2D eigenvalue weighted by molar-refractivity contribution is 5.02. The summed E-state index contributed by atoms with van der Waals surface area (Å²) in [5, 5.41) is 3.68. The van der Waals surface area contributed by atoms with Crippen molar-refractivity contribution in [3.8, 4) is 0 Å². The van der Waals surface area contributed by atoms with Crippen molar-refractivity contribution in [2.45, 2.75) is 19.5 Å². The van der Waals surface area contributed by atoms with Crippen LogP contribution in [0.4, 0.5) is 8.78 Å². The zero-order chi connectivity index (χ0) is 8.27. The van der Waals surface area contributed by atoms with Crippen molar-refractivity contribution in [1.82, 2.24) is 9.78 Å². The lowest BCUT2D eigenvalue weighted by Gasteiger charge is -1.97. The summed E-state index contributed by atoms with van der Waals surface area (Å²) in [5.74, 6) is 0. The molecule has 0 aliphatic heterocycles. The molecular formula is C6H9F2N3. The van der Waals surface area contributed by atoms with Crippen LogP contribution in [0.1, 0.15) is 5.56 Å². The van der Waals surface area contributed by atoms with Crippen molar-refractivity contribution in [3.05, 3.63) is 18.0 Å². The van der Waals surface area contributed by atoms with E-state index in [2.05, 4.69) is 5.10 Å². The summed E-state index contributed by atoms with van der Waals surface area (Å²) in [6.07, 6.45) is 0.648. The number of aromatic nitrogens is 2. The minimum Gasteiger partial charge on any atom is -0.326 e. The fraction of sp³-hybridized carbons (Fsp3) is 0.500. The third-order valence-corrected chi connectivity index (χ3v) is 1.25. The maximum Gasteiger partial charge on any atom is 0.257 e. The van der Waals surface area contributed by atoms with E-state index in [0.29, 0.717) is 6.54 Å². The Balaban J connectivity index is 2.58. The van der Waals surface area contributed by atoms with E-state index < -0.39 is 6.43 Å². The molecule has 0 aliphatic carbocycles. The molecule has 0 atom stereocenters. The topological polar surface area (TPSA) is 43.8 Å². The number of halogens is 2. The molecule has 62 valence electrons. The predicted molar refractivity (Wildman–Crippen MR) is 36.1 cm³/mol. The molecule has 0 saturated heterocycles. The van der Waals surface area contributed by atoms with Crippen LogP contribution in [0, 0.1) is 0 Å². The zero-order valence-electron chi connectivity index (χ0n) is 5.87. The highest BCUT2D eigenvalue weighted by atomic mass is 19.3. The Bertz CT molecular complexity index is 221. The van der Waals surface area contributed by atoms with Gasteiger partial charge in [0.2, 0.25) is 0 Å². The summed E-state index contributed by atoms with van der Waals surface area (Å²) in [4.78, 5) is 0. The van der Waals surface area contributed by atoms with Gasteiger partial charge in [-0.25, -0.2) is 8.78 Å². The molecule has 1 heterocycles. The molecule has 0 saturated carbocycles. The molecule has 0 unspecified atom stereocenters. The van der Waals surface area contributed by atoms with Crippen LogP contribution in [-0.2, 0) is 13.1 Å². The SMILES string of the molecule is NCc1cnn(CC(F)F)c1. The van der Waals surface area contributed by atoms with E-state index in [1.54, 1.807) is 0 Å². The van der Waals surface area contributed by atoms with Gasteiger partial charge in [-0.1, -0.05) is 0 Å². The fourth-order valence-corrected chi connectivity index (χ4v) is 0.753. The van der Waals surface area contributed by atoms with Gasteiger partial charge in [0.25, 0.3) is 6.43 Å². The molecule has 0 aromatic carbocycles. The van der Waals surface area contributed by atoms with Crippen molar-refractivity contribution >= 4 is 0 Å². The second-order valence-corrected chi connectivity index (χ2v) is 2.17. The molecule has 0 aliphatic rings. The van der Waals surface area contributed by atoms with Crippen LogP contribution in [0.15, 0.2) is 12.4 Å². The molecule has 0 radical (unpaired) electrons. The highest BCUT2D eigenvalue weighted by Gasteiger charge is 2.04. The molecule has 3 nitrogen and oxygen atoms in total. The molecule has 0 fully saturated rings. The van der Waals surface area contributed by atoms with Gasteiger partial charge in [-0.2, -0.15) is 5.10 Å². The van der Waals surface area contributed by atoms with E-state index >= 15 is 0 Å². The van der Waals surface area contributed by atoms with Crippen molar-refractivity contribution < 1.29 is 8.78 Å². The van der Waals surface area contributed by atoms with Crippen LogP contribution >= 0.6 is 0 Å². The minimum absolute atomic E-state index is 0.337. The van der Waals surface area contributed by atoms with Crippen LogP contribution in [0.2, 0.25) is 0 Å². The maximum atomic E-state index is 11.7. The molecule has 0 spiro atoms. The van der Waals surface area contributed by atoms with Crippen molar-refractivity contribution in [3.63, 3.8) is 0 Å². The normalized spacial score (nSPS) is 10.9. The molecule has 1 rings (SSSR count). The van der Waals surface area contributed by atoms with Gasteiger partial charge < -0.3 is 5.73 Å². The number of rotatable bonds is 3. The first kappa shape index (κ1) is 8.13. The summed E-state index contributed by atoms with van der Waals surface area (Å²) in [7, 11) is 0. The molecule has 5 heteroatoms. The van der Waals surface area contributed by atoms with E-state index in [1.807, 2.05) is 0 Å². The average molecular weight is 161 g/mol. The molecule has 0 amide bonds. The van der Waals surface area contributed by atoms with E-state index in [4.69, 9.17) is 5.73 Å². The number of nitrogens with two attached hydrogens (primary N) is 1. The van der Waals surface area contributed by atoms with Gasteiger partial charge in [0.05, 0.1) is 6.20 Å². The largest absolute Gasteiger partial charge is 0.326 e. The highest BCUT2D eigenvalue weighted by Crippen LogP contribution is 2.00. The Hall–Kier alpha value is -0.970. The van der Waals surface area contributed by atoms with E-state index in [0.717, 1.165) is 5.56 Å². The van der Waals surface area contributed by atoms with E-state index in [-0.39, 0.29) is 6.54 Å². The zero-order valence-corrected chi connectivity index (χ0v) is 5.87. The lowest BCUT2D eigenvalue weighted by atomic mass is 10.4. The Labute approximate surface area is 62.8 Å². The fourth-order valence-electron chi connectivity index (χ4n) is 0.753. The van der Waals surface area contributed by atoms with Gasteiger partial charge in [0.15, 0.2) is 0 Å². The Morgan fingerprint density at radius 3 is 2.82 bits per heavy atom. The quantitative estimate of drug-likeness (QED) is 0.705. The van der Waals surface area contributed by atoms with Gasteiger partial charge in [0, 0.05) is 18.3 Å². The van der Waals surface area contributed by atoms with Gasteiger partial charge in [0.1, 0.15) is 6.54 Å². The molecule has 1 aromatic rings. The monoisotopic (exact) mass is 161 g/mol. The van der Waals surface area contributed by atoms with Crippen LogP contribution in [0.5, 0.6) is 0 Å². The Morgan fingerprint density at radius 1 is 1.64 bits per heavy atom. The lowest BCUT2D eigenvalue weighted by Crippen LogP contribution is -2.06. The second-order valence-electron chi connectivity index (χ2n) is 2.17. The average Bonchev–Trinajstić information content (AvgIpc) is 2.34. The van der Waals surface area contributed by atoms with E-state index in [9.17, 15) is 8.78 Å². The molecular weight excluding hydrogens is 152 g/mol. The van der Waals surface area contributed by atoms with Crippen LogP contribution in [0.25, 0.3) is 0 Å². The van der Waals surface area contributed by atoms with Crippen LogP contribution in [-0.4, -0.2) is 16.2 Å². The number of alkyl halides is 2. The standard InChI is InChI=1S/C6H9F2N3/c7-6(8)4-11-3-5(1-9)2-10-11/h2-3,6H,1,4,9H2. The minimum atomic E-state index is -2.36. The third-order valence-electron chi connectivity index (χ3n) is 1.25. The maximum absolute atomic E-state index is 11.7. The van der Waals surface area contributed by atoms with Gasteiger partial charge in [-0.15, -0.1) is 0 Å². The summed E-state index contributed by atoms with van der Waals surface area (Å²) in [6, 6.07) is 0. The van der Waals surface area contributed by atoms with Crippen LogP contribution in [0.3, 0.4) is 0 Å². The van der Waals surface area contributed by atoms with Crippen molar-refractivity contribution in [2.75, 3.05) is 0 Å². The first-order valence-electron chi connectivity index (χ1n) is 3.22. The number of nitrogens with zero attached hydrogens (tertiary/aromatic N) is 2. The molecule has 0 bridgehead atoms. The lowest BCUT2D eigenvalue weighted by molar-refractivity contribution is 0.122. The Morgan fingerprint density at radius 2 is 2.36 bits per heavy atom. The smallest absolute Gasteiger partial charge is 0.257 e.